The van der Waals surface area contributed by atoms with Gasteiger partial charge >= 0.3 is 0 Å². The van der Waals surface area contributed by atoms with E-state index < -0.39 is 10.0 Å². The van der Waals surface area contributed by atoms with E-state index in [1.807, 2.05) is 18.3 Å². The summed E-state index contributed by atoms with van der Waals surface area (Å²) < 4.78 is 29.0. The summed E-state index contributed by atoms with van der Waals surface area (Å²) >= 11 is 0. The number of carbonyl (C=O) groups is 1. The molecule has 2 fully saturated rings. The first-order valence-corrected chi connectivity index (χ1v) is 12.9. The van der Waals surface area contributed by atoms with Crippen molar-refractivity contribution >= 4 is 21.7 Å². The average molecular weight is 482 g/mol. The number of imidazole rings is 1. The molecule has 10 nitrogen and oxygen atoms in total. The number of carbonyl (C=O) groups excluding carboxylic acids is 1. The quantitative estimate of drug-likeness (QED) is 0.547. The summed E-state index contributed by atoms with van der Waals surface area (Å²) in [6.45, 7) is 3.52. The summed E-state index contributed by atoms with van der Waals surface area (Å²) in [5.74, 6) is 1.37. The fourth-order valence-corrected chi connectivity index (χ4v) is 5.88. The lowest BCUT2D eigenvalue weighted by atomic mass is 10.2. The van der Waals surface area contributed by atoms with Gasteiger partial charge in [-0.25, -0.2) is 13.4 Å². The third-order valence-electron chi connectivity index (χ3n) is 6.35. The van der Waals surface area contributed by atoms with Crippen molar-refractivity contribution in [2.75, 3.05) is 44.2 Å². The van der Waals surface area contributed by atoms with Gasteiger partial charge in [0.1, 0.15) is 6.33 Å². The van der Waals surface area contributed by atoms with Crippen molar-refractivity contribution in [3.8, 4) is 5.82 Å². The molecule has 4 heterocycles. The zero-order valence-electron chi connectivity index (χ0n) is 18.8. The van der Waals surface area contributed by atoms with Gasteiger partial charge in [-0.1, -0.05) is 6.42 Å². The maximum absolute atomic E-state index is 13.0. The molecule has 0 radical (unpaired) electrons. The molecule has 34 heavy (non-hydrogen) atoms. The lowest BCUT2D eigenvalue weighted by Gasteiger charge is -2.35. The maximum Gasteiger partial charge on any atom is 0.253 e. The van der Waals surface area contributed by atoms with Crippen molar-refractivity contribution in [2.45, 2.75) is 24.2 Å². The normalized spacial score (nSPS) is 17.6. The molecule has 0 bridgehead atoms. The van der Waals surface area contributed by atoms with Gasteiger partial charge in [0.05, 0.1) is 4.90 Å². The first-order valence-electron chi connectivity index (χ1n) is 11.5. The number of piperidine rings is 1. The molecule has 0 unspecified atom stereocenters. The van der Waals surface area contributed by atoms with Crippen molar-refractivity contribution in [3.05, 3.63) is 60.7 Å². The Morgan fingerprint density at radius 1 is 0.794 bits per heavy atom. The molecular weight excluding hydrogens is 454 g/mol. The fourth-order valence-electron chi connectivity index (χ4n) is 4.36. The second-order valence-corrected chi connectivity index (χ2v) is 10.4. The second-order valence-electron chi connectivity index (χ2n) is 8.49. The SMILES string of the molecule is O=C(c1ccc(S(=O)(=O)N2CCCCC2)cc1)N1CCN(c2ccc(-n3ccnc3)nn2)CC1. The topological polar surface area (TPSA) is 105 Å². The Hall–Kier alpha value is -3.31. The number of benzene rings is 1. The maximum atomic E-state index is 13.0. The Bertz CT molecular complexity index is 1210. The molecule has 0 aliphatic carbocycles. The van der Waals surface area contributed by atoms with Gasteiger partial charge in [0.2, 0.25) is 10.0 Å². The van der Waals surface area contributed by atoms with Crippen molar-refractivity contribution in [1.29, 1.82) is 0 Å². The van der Waals surface area contributed by atoms with Crippen LogP contribution in [0.1, 0.15) is 29.6 Å². The molecule has 11 heteroatoms. The van der Waals surface area contributed by atoms with Gasteiger partial charge in [-0.2, -0.15) is 4.31 Å². The fraction of sp³-hybridized carbons (Fsp3) is 0.391. The van der Waals surface area contributed by atoms with Gasteiger partial charge in [0.25, 0.3) is 5.91 Å². The highest BCUT2D eigenvalue weighted by molar-refractivity contribution is 7.89. The molecule has 3 aromatic rings. The van der Waals surface area contributed by atoms with Gasteiger partial charge in [0, 0.05) is 57.2 Å². The smallest absolute Gasteiger partial charge is 0.253 e. The van der Waals surface area contributed by atoms with Crippen LogP contribution in [0.4, 0.5) is 5.82 Å². The number of rotatable bonds is 5. The van der Waals surface area contributed by atoms with E-state index in [4.69, 9.17) is 0 Å². The predicted octanol–water partition coefficient (Wildman–Crippen LogP) is 1.80. The van der Waals surface area contributed by atoms with Crippen molar-refractivity contribution in [3.63, 3.8) is 0 Å². The van der Waals surface area contributed by atoms with Crippen LogP contribution in [0.3, 0.4) is 0 Å². The van der Waals surface area contributed by atoms with Crippen LogP contribution in [-0.4, -0.2) is 82.5 Å². The van der Waals surface area contributed by atoms with E-state index in [0.717, 1.165) is 25.1 Å². The minimum atomic E-state index is -3.50. The predicted molar refractivity (Wildman–Crippen MR) is 126 cm³/mol. The molecule has 5 rings (SSSR count). The first-order chi connectivity index (χ1) is 16.5. The Balaban J connectivity index is 1.19. The Morgan fingerprint density at radius 3 is 2.09 bits per heavy atom. The van der Waals surface area contributed by atoms with Crippen LogP contribution in [0, 0.1) is 0 Å². The van der Waals surface area contributed by atoms with E-state index in [2.05, 4.69) is 20.1 Å². The summed E-state index contributed by atoms with van der Waals surface area (Å²) in [6.07, 6.45) is 8.01. The summed E-state index contributed by atoms with van der Waals surface area (Å²) in [6, 6.07) is 10.1. The summed E-state index contributed by atoms with van der Waals surface area (Å²) in [4.78, 5) is 21.1. The number of amides is 1. The summed E-state index contributed by atoms with van der Waals surface area (Å²) in [5, 5.41) is 8.58. The van der Waals surface area contributed by atoms with Gasteiger partial charge in [-0.05, 0) is 49.2 Å². The lowest BCUT2D eigenvalue weighted by molar-refractivity contribution is 0.0746. The number of piperazine rings is 1. The molecule has 1 aromatic carbocycles. The van der Waals surface area contributed by atoms with Crippen LogP contribution >= 0.6 is 0 Å². The van der Waals surface area contributed by atoms with E-state index in [9.17, 15) is 13.2 Å². The minimum Gasteiger partial charge on any atom is -0.352 e. The number of hydrogen-bond acceptors (Lipinski definition) is 7. The largest absolute Gasteiger partial charge is 0.352 e. The summed E-state index contributed by atoms with van der Waals surface area (Å²) in [5.41, 5.74) is 0.496. The molecule has 0 atom stereocenters. The summed E-state index contributed by atoms with van der Waals surface area (Å²) in [7, 11) is -3.50. The third-order valence-corrected chi connectivity index (χ3v) is 8.26. The van der Waals surface area contributed by atoms with Gasteiger partial charge in [-0.15, -0.1) is 10.2 Å². The van der Waals surface area contributed by atoms with E-state index in [1.165, 1.54) is 4.31 Å². The minimum absolute atomic E-state index is 0.0943. The van der Waals surface area contributed by atoms with Gasteiger partial charge in [-0.3, -0.25) is 9.36 Å². The molecule has 0 N–H and O–H groups in total. The monoisotopic (exact) mass is 481 g/mol. The van der Waals surface area contributed by atoms with Crippen LogP contribution < -0.4 is 4.90 Å². The Labute approximate surface area is 198 Å². The number of hydrogen-bond donors (Lipinski definition) is 0. The van der Waals surface area contributed by atoms with E-state index in [-0.39, 0.29) is 10.8 Å². The molecule has 2 aliphatic rings. The van der Waals surface area contributed by atoms with Crippen LogP contribution in [-0.2, 0) is 10.0 Å². The molecule has 2 aromatic heterocycles. The average Bonchev–Trinajstić information content (AvgIpc) is 3.44. The van der Waals surface area contributed by atoms with E-state index in [0.29, 0.717) is 50.6 Å². The molecule has 1 amide bonds. The number of anilines is 1. The standard InChI is InChI=1S/C23H27N7O3S/c31-23(19-4-6-20(7-5-19)34(32,33)30-11-2-1-3-12-30)28-16-14-27(15-17-28)21-8-9-22(26-25-21)29-13-10-24-18-29/h4-10,13,18H,1-3,11-12,14-17H2. The van der Waals surface area contributed by atoms with Gasteiger partial charge < -0.3 is 9.80 Å². The molecule has 2 saturated heterocycles. The Kier molecular flexibility index (Phi) is 6.29. The zero-order chi connectivity index (χ0) is 23.5. The van der Waals surface area contributed by atoms with E-state index in [1.54, 1.807) is 46.3 Å². The van der Waals surface area contributed by atoms with Crippen molar-refractivity contribution in [1.82, 2.24) is 29.0 Å². The molecular formula is C23H27N7O3S. The number of sulfonamides is 1. The lowest BCUT2D eigenvalue weighted by Crippen LogP contribution is -2.49. The number of nitrogens with zero attached hydrogens (tertiary/aromatic N) is 7. The highest BCUT2D eigenvalue weighted by Gasteiger charge is 2.27. The molecule has 0 spiro atoms. The molecule has 2 aliphatic heterocycles. The van der Waals surface area contributed by atoms with Crippen LogP contribution in [0.25, 0.3) is 5.82 Å². The second kappa shape index (κ2) is 9.51. The molecule has 0 saturated carbocycles. The van der Waals surface area contributed by atoms with Gasteiger partial charge in [0.15, 0.2) is 11.6 Å². The van der Waals surface area contributed by atoms with Crippen LogP contribution in [0.5, 0.6) is 0 Å². The Morgan fingerprint density at radius 2 is 1.47 bits per heavy atom. The highest BCUT2D eigenvalue weighted by Crippen LogP contribution is 2.22. The zero-order valence-corrected chi connectivity index (χ0v) is 19.6. The highest BCUT2D eigenvalue weighted by atomic mass is 32.2. The van der Waals surface area contributed by atoms with E-state index >= 15 is 0 Å². The van der Waals surface area contributed by atoms with Crippen molar-refractivity contribution in [2.24, 2.45) is 0 Å². The number of aromatic nitrogens is 4. The molecule has 178 valence electrons. The first kappa shape index (κ1) is 22.5. The van der Waals surface area contributed by atoms with Crippen LogP contribution in [0.2, 0.25) is 0 Å². The third kappa shape index (κ3) is 4.53. The van der Waals surface area contributed by atoms with Crippen LogP contribution in [0.15, 0.2) is 60.0 Å². The van der Waals surface area contributed by atoms with Crippen molar-refractivity contribution < 1.29 is 13.2 Å².